The van der Waals surface area contributed by atoms with Crippen LogP contribution in [0.15, 0.2) is 73.1 Å². The van der Waals surface area contributed by atoms with Gasteiger partial charge >= 0.3 is 0 Å². The van der Waals surface area contributed by atoms with Crippen molar-refractivity contribution >= 4 is 11.7 Å². The van der Waals surface area contributed by atoms with E-state index in [1.165, 1.54) is 5.56 Å². The maximum absolute atomic E-state index is 12.4. The number of aromatic nitrogens is 1. The second-order valence-corrected chi connectivity index (χ2v) is 8.29. The number of amides is 1. The molecular weight excluding hydrogens is 400 g/mol. The van der Waals surface area contributed by atoms with Gasteiger partial charge in [-0.25, -0.2) is 0 Å². The minimum atomic E-state index is -0.133. The van der Waals surface area contributed by atoms with Gasteiger partial charge in [0, 0.05) is 42.9 Å². The monoisotopic (exact) mass is 430 g/mol. The number of ether oxygens (including phenoxy) is 1. The largest absolute Gasteiger partial charge is 0.489 e. The number of carbonyl (C=O) groups excluding carboxylic acids is 2. The summed E-state index contributed by atoms with van der Waals surface area (Å²) in [5.41, 5.74) is 3.86. The van der Waals surface area contributed by atoms with Gasteiger partial charge in [0.15, 0.2) is 5.78 Å². The molecule has 1 aromatic heterocycles. The molecule has 0 aliphatic carbocycles. The van der Waals surface area contributed by atoms with E-state index in [4.69, 9.17) is 4.74 Å². The number of nitrogens with one attached hydrogen (secondary N) is 1. The van der Waals surface area contributed by atoms with E-state index in [0.29, 0.717) is 24.6 Å². The molecule has 0 radical (unpaired) electrons. The van der Waals surface area contributed by atoms with Crippen molar-refractivity contribution in [3.8, 4) is 5.75 Å². The maximum Gasteiger partial charge on any atom is 0.220 e. The predicted octanol–water partition coefficient (Wildman–Crippen LogP) is 5.14. The van der Waals surface area contributed by atoms with E-state index in [2.05, 4.69) is 24.1 Å². The minimum Gasteiger partial charge on any atom is -0.489 e. The standard InChI is InChI=1S/C27H30N2O3/c1-20(2)16-21-5-9-24(10-6-21)26(30)13-14-27(31)29-18-22-7-11-25(12-8-22)32-19-23-4-3-15-28-17-23/h3-12,15,17,20H,13-14,16,18-19H2,1-2H3,(H,29,31). The van der Waals surface area contributed by atoms with E-state index in [0.717, 1.165) is 23.3 Å². The molecule has 3 aromatic rings. The molecule has 32 heavy (non-hydrogen) atoms. The van der Waals surface area contributed by atoms with Gasteiger partial charge in [-0.3, -0.25) is 14.6 Å². The third-order valence-electron chi connectivity index (χ3n) is 5.04. The zero-order valence-electron chi connectivity index (χ0n) is 18.7. The van der Waals surface area contributed by atoms with E-state index in [1.807, 2.05) is 60.7 Å². The fourth-order valence-corrected chi connectivity index (χ4v) is 3.31. The van der Waals surface area contributed by atoms with E-state index in [9.17, 15) is 9.59 Å². The van der Waals surface area contributed by atoms with Crippen LogP contribution in [0.25, 0.3) is 0 Å². The summed E-state index contributed by atoms with van der Waals surface area (Å²) in [5.74, 6) is 1.20. The van der Waals surface area contributed by atoms with Crippen molar-refractivity contribution in [2.24, 2.45) is 5.92 Å². The van der Waals surface area contributed by atoms with Gasteiger partial charge in [0.25, 0.3) is 0 Å². The number of nitrogens with zero attached hydrogens (tertiary/aromatic N) is 1. The molecule has 0 unspecified atom stereocenters. The summed E-state index contributed by atoms with van der Waals surface area (Å²) in [4.78, 5) is 28.6. The predicted molar refractivity (Wildman–Crippen MR) is 125 cm³/mol. The summed E-state index contributed by atoms with van der Waals surface area (Å²) < 4.78 is 5.74. The van der Waals surface area contributed by atoms with E-state index < -0.39 is 0 Å². The van der Waals surface area contributed by atoms with Gasteiger partial charge in [-0.2, -0.15) is 0 Å². The first-order chi connectivity index (χ1) is 15.5. The van der Waals surface area contributed by atoms with Crippen molar-refractivity contribution in [3.63, 3.8) is 0 Å². The number of hydrogen-bond acceptors (Lipinski definition) is 4. The van der Waals surface area contributed by atoms with Crippen molar-refractivity contribution < 1.29 is 14.3 Å². The lowest BCUT2D eigenvalue weighted by Crippen LogP contribution is -2.23. The fourth-order valence-electron chi connectivity index (χ4n) is 3.31. The Morgan fingerprint density at radius 2 is 1.62 bits per heavy atom. The van der Waals surface area contributed by atoms with Crippen LogP contribution in [0.2, 0.25) is 0 Å². The van der Waals surface area contributed by atoms with Crippen molar-refractivity contribution in [2.75, 3.05) is 0 Å². The summed E-state index contributed by atoms with van der Waals surface area (Å²) in [6.45, 7) is 5.21. The summed E-state index contributed by atoms with van der Waals surface area (Å²) in [5, 5.41) is 2.87. The van der Waals surface area contributed by atoms with Crippen LogP contribution in [0.4, 0.5) is 0 Å². The van der Waals surface area contributed by atoms with Gasteiger partial charge in [0.2, 0.25) is 5.91 Å². The number of pyridine rings is 1. The lowest BCUT2D eigenvalue weighted by Gasteiger charge is -2.09. The van der Waals surface area contributed by atoms with E-state index in [-0.39, 0.29) is 24.5 Å². The Bertz CT molecular complexity index is 997. The first kappa shape index (κ1) is 23.2. The second kappa shape index (κ2) is 11.8. The third-order valence-corrected chi connectivity index (χ3v) is 5.04. The molecule has 0 atom stereocenters. The number of ketones is 1. The highest BCUT2D eigenvalue weighted by atomic mass is 16.5. The number of benzene rings is 2. The Morgan fingerprint density at radius 3 is 2.28 bits per heavy atom. The van der Waals surface area contributed by atoms with Crippen molar-refractivity contribution in [3.05, 3.63) is 95.3 Å². The van der Waals surface area contributed by atoms with E-state index >= 15 is 0 Å². The van der Waals surface area contributed by atoms with Crippen molar-refractivity contribution in [2.45, 2.75) is 46.3 Å². The van der Waals surface area contributed by atoms with Crippen molar-refractivity contribution in [1.82, 2.24) is 10.3 Å². The highest BCUT2D eigenvalue weighted by molar-refractivity contribution is 5.97. The molecule has 0 bridgehead atoms. The molecule has 0 spiro atoms. The number of rotatable bonds is 11. The Kier molecular flexibility index (Phi) is 8.55. The van der Waals surface area contributed by atoms with E-state index in [1.54, 1.807) is 12.4 Å². The summed E-state index contributed by atoms with van der Waals surface area (Å²) in [6.07, 6.45) is 4.88. The third kappa shape index (κ3) is 7.65. The molecule has 0 fully saturated rings. The molecule has 2 aromatic carbocycles. The lowest BCUT2D eigenvalue weighted by molar-refractivity contribution is -0.121. The molecule has 0 saturated carbocycles. The zero-order valence-corrected chi connectivity index (χ0v) is 18.7. The molecule has 5 heteroatoms. The van der Waals surface area contributed by atoms with Gasteiger partial charge < -0.3 is 10.1 Å². The number of hydrogen-bond donors (Lipinski definition) is 1. The molecular formula is C27H30N2O3. The average molecular weight is 431 g/mol. The topological polar surface area (TPSA) is 68.3 Å². The quantitative estimate of drug-likeness (QED) is 0.428. The SMILES string of the molecule is CC(C)Cc1ccc(C(=O)CCC(=O)NCc2ccc(OCc3cccnc3)cc2)cc1. The van der Waals surface area contributed by atoms with Crippen LogP contribution in [0.3, 0.4) is 0 Å². The molecule has 3 rings (SSSR count). The molecule has 1 amide bonds. The van der Waals surface area contributed by atoms with Crippen LogP contribution in [-0.4, -0.2) is 16.7 Å². The zero-order chi connectivity index (χ0) is 22.8. The van der Waals surface area contributed by atoms with Crippen LogP contribution in [0.5, 0.6) is 5.75 Å². The van der Waals surface area contributed by atoms with Gasteiger partial charge in [-0.15, -0.1) is 0 Å². The van der Waals surface area contributed by atoms with Crippen LogP contribution in [0, 0.1) is 5.92 Å². The average Bonchev–Trinajstić information content (AvgIpc) is 2.81. The van der Waals surface area contributed by atoms with Crippen molar-refractivity contribution in [1.29, 1.82) is 0 Å². The highest BCUT2D eigenvalue weighted by Gasteiger charge is 2.10. The van der Waals surface area contributed by atoms with Gasteiger partial charge in [0.05, 0.1) is 0 Å². The van der Waals surface area contributed by atoms with Crippen LogP contribution < -0.4 is 10.1 Å². The maximum atomic E-state index is 12.4. The fraction of sp³-hybridized carbons (Fsp3) is 0.296. The molecule has 0 aliphatic rings. The summed E-state index contributed by atoms with van der Waals surface area (Å²) in [6, 6.07) is 19.1. The molecule has 166 valence electrons. The first-order valence-corrected chi connectivity index (χ1v) is 11.0. The van der Waals surface area contributed by atoms with Crippen LogP contribution in [-0.2, 0) is 24.4 Å². The van der Waals surface area contributed by atoms with Gasteiger partial charge in [-0.1, -0.05) is 56.3 Å². The Morgan fingerprint density at radius 1 is 0.906 bits per heavy atom. The highest BCUT2D eigenvalue weighted by Crippen LogP contribution is 2.15. The Balaban J connectivity index is 1.38. The molecule has 0 aliphatic heterocycles. The number of carbonyl (C=O) groups is 2. The molecule has 0 saturated heterocycles. The molecule has 1 heterocycles. The van der Waals surface area contributed by atoms with Gasteiger partial charge in [0.1, 0.15) is 12.4 Å². The van der Waals surface area contributed by atoms with Gasteiger partial charge in [-0.05, 0) is 41.7 Å². The Hall–Kier alpha value is -3.47. The molecule has 1 N–H and O–H groups in total. The smallest absolute Gasteiger partial charge is 0.220 e. The Labute approximate surface area is 189 Å². The van der Waals surface area contributed by atoms with Crippen LogP contribution in [0.1, 0.15) is 53.7 Å². The molecule has 5 nitrogen and oxygen atoms in total. The minimum absolute atomic E-state index is 0.00800. The summed E-state index contributed by atoms with van der Waals surface area (Å²) in [7, 11) is 0. The van der Waals surface area contributed by atoms with Crippen LogP contribution >= 0.6 is 0 Å². The number of Topliss-reactive ketones (excluding diaryl/α,β-unsaturated/α-hetero) is 1. The first-order valence-electron chi connectivity index (χ1n) is 11.0. The lowest BCUT2D eigenvalue weighted by atomic mass is 9.99. The second-order valence-electron chi connectivity index (χ2n) is 8.29. The normalized spacial score (nSPS) is 10.7. The summed E-state index contributed by atoms with van der Waals surface area (Å²) >= 11 is 0.